The SMILES string of the molecule is C#CCCC(NCCC)c1cccc(S(C)(=O)=O)c1. The monoisotopic (exact) mass is 279 g/mol. The van der Waals surface area contributed by atoms with Crippen molar-refractivity contribution in [3.8, 4) is 12.3 Å². The van der Waals surface area contributed by atoms with Crippen LogP contribution in [-0.4, -0.2) is 21.2 Å². The highest BCUT2D eigenvalue weighted by Crippen LogP contribution is 2.21. The normalized spacial score (nSPS) is 12.9. The lowest BCUT2D eigenvalue weighted by atomic mass is 10.0. The van der Waals surface area contributed by atoms with Gasteiger partial charge in [-0.15, -0.1) is 12.3 Å². The van der Waals surface area contributed by atoms with Crippen molar-refractivity contribution in [2.45, 2.75) is 37.1 Å². The van der Waals surface area contributed by atoms with Crippen LogP contribution in [0.5, 0.6) is 0 Å². The molecule has 1 N–H and O–H groups in total. The van der Waals surface area contributed by atoms with Gasteiger partial charge in [-0.1, -0.05) is 19.1 Å². The van der Waals surface area contributed by atoms with Crippen molar-refractivity contribution in [2.24, 2.45) is 0 Å². The highest BCUT2D eigenvalue weighted by Gasteiger charge is 2.13. The zero-order valence-electron chi connectivity index (χ0n) is 11.5. The number of rotatable bonds is 7. The number of sulfone groups is 1. The smallest absolute Gasteiger partial charge is 0.175 e. The highest BCUT2D eigenvalue weighted by molar-refractivity contribution is 7.90. The molecule has 0 aliphatic rings. The predicted molar refractivity (Wildman–Crippen MR) is 78.7 cm³/mol. The van der Waals surface area contributed by atoms with Crippen molar-refractivity contribution in [3.63, 3.8) is 0 Å². The number of hydrogen-bond acceptors (Lipinski definition) is 3. The molecule has 1 atom stereocenters. The molecule has 0 saturated carbocycles. The molecule has 104 valence electrons. The molecular formula is C15H21NO2S. The van der Waals surface area contributed by atoms with Gasteiger partial charge in [0.25, 0.3) is 0 Å². The predicted octanol–water partition coefficient (Wildman–Crippen LogP) is 2.54. The van der Waals surface area contributed by atoms with Gasteiger partial charge in [0, 0.05) is 18.7 Å². The van der Waals surface area contributed by atoms with E-state index < -0.39 is 9.84 Å². The molecule has 0 spiro atoms. The fourth-order valence-electron chi connectivity index (χ4n) is 1.89. The van der Waals surface area contributed by atoms with E-state index in [-0.39, 0.29) is 6.04 Å². The lowest BCUT2D eigenvalue weighted by Crippen LogP contribution is -2.22. The van der Waals surface area contributed by atoms with E-state index in [2.05, 4.69) is 18.2 Å². The van der Waals surface area contributed by atoms with Crippen LogP contribution in [0.1, 0.15) is 37.8 Å². The molecule has 1 rings (SSSR count). The molecule has 3 nitrogen and oxygen atoms in total. The Hall–Kier alpha value is -1.31. The molecule has 1 unspecified atom stereocenters. The van der Waals surface area contributed by atoms with Gasteiger partial charge in [0.1, 0.15) is 0 Å². The van der Waals surface area contributed by atoms with Gasteiger partial charge in [0.05, 0.1) is 4.90 Å². The first kappa shape index (κ1) is 15.7. The van der Waals surface area contributed by atoms with Gasteiger partial charge in [-0.05, 0) is 37.1 Å². The van der Waals surface area contributed by atoms with Crippen LogP contribution in [0.15, 0.2) is 29.2 Å². The van der Waals surface area contributed by atoms with Crippen molar-refractivity contribution in [2.75, 3.05) is 12.8 Å². The average molecular weight is 279 g/mol. The second-order valence-electron chi connectivity index (χ2n) is 4.59. The third-order valence-corrected chi connectivity index (χ3v) is 4.02. The molecule has 0 fully saturated rings. The van der Waals surface area contributed by atoms with Crippen LogP contribution >= 0.6 is 0 Å². The topological polar surface area (TPSA) is 46.2 Å². The quantitative estimate of drug-likeness (QED) is 0.780. The van der Waals surface area contributed by atoms with Crippen molar-refractivity contribution < 1.29 is 8.42 Å². The van der Waals surface area contributed by atoms with Gasteiger partial charge in [-0.2, -0.15) is 0 Å². The maximum atomic E-state index is 11.6. The molecule has 1 aromatic rings. The van der Waals surface area contributed by atoms with Gasteiger partial charge in [0.2, 0.25) is 0 Å². The van der Waals surface area contributed by atoms with Crippen molar-refractivity contribution in [1.82, 2.24) is 5.32 Å². The summed E-state index contributed by atoms with van der Waals surface area (Å²) in [6.07, 6.45) is 9.04. The Morgan fingerprint density at radius 2 is 2.16 bits per heavy atom. The van der Waals surface area contributed by atoms with Gasteiger partial charge < -0.3 is 5.32 Å². The largest absolute Gasteiger partial charge is 0.310 e. The zero-order valence-corrected chi connectivity index (χ0v) is 12.3. The molecule has 0 aliphatic carbocycles. The summed E-state index contributed by atoms with van der Waals surface area (Å²) in [7, 11) is -3.17. The van der Waals surface area contributed by atoms with Crippen LogP contribution < -0.4 is 5.32 Å². The first-order chi connectivity index (χ1) is 8.99. The zero-order chi connectivity index (χ0) is 14.3. The lowest BCUT2D eigenvalue weighted by Gasteiger charge is -2.18. The highest BCUT2D eigenvalue weighted by atomic mass is 32.2. The van der Waals surface area contributed by atoms with E-state index in [4.69, 9.17) is 6.42 Å². The van der Waals surface area contributed by atoms with E-state index in [1.165, 1.54) is 6.26 Å². The maximum Gasteiger partial charge on any atom is 0.175 e. The Labute approximate surface area is 116 Å². The lowest BCUT2D eigenvalue weighted by molar-refractivity contribution is 0.504. The summed E-state index contributed by atoms with van der Waals surface area (Å²) in [6, 6.07) is 7.19. The molecule has 0 aromatic heterocycles. The average Bonchev–Trinajstić information content (AvgIpc) is 2.38. The molecule has 4 heteroatoms. The summed E-state index contributed by atoms with van der Waals surface area (Å²) >= 11 is 0. The van der Waals surface area contributed by atoms with Gasteiger partial charge in [0.15, 0.2) is 9.84 Å². The third-order valence-electron chi connectivity index (χ3n) is 2.91. The third kappa shape index (κ3) is 5.06. The molecular weight excluding hydrogens is 258 g/mol. The fraction of sp³-hybridized carbons (Fsp3) is 0.467. The Bertz CT molecular complexity index is 544. The minimum atomic E-state index is -3.17. The summed E-state index contributed by atoms with van der Waals surface area (Å²) in [5.74, 6) is 2.63. The maximum absolute atomic E-state index is 11.6. The van der Waals surface area contributed by atoms with Crippen LogP contribution in [0.25, 0.3) is 0 Å². The van der Waals surface area contributed by atoms with E-state index in [0.29, 0.717) is 11.3 Å². The van der Waals surface area contributed by atoms with E-state index in [9.17, 15) is 8.42 Å². The molecule has 0 aliphatic heterocycles. The fourth-order valence-corrected chi connectivity index (χ4v) is 2.57. The Morgan fingerprint density at radius 3 is 2.74 bits per heavy atom. The Balaban J connectivity index is 2.98. The summed E-state index contributed by atoms with van der Waals surface area (Å²) < 4.78 is 23.2. The summed E-state index contributed by atoms with van der Waals surface area (Å²) in [5, 5.41) is 3.41. The van der Waals surface area contributed by atoms with Crippen molar-refractivity contribution in [1.29, 1.82) is 0 Å². The minimum absolute atomic E-state index is 0.109. The number of terminal acetylenes is 1. The summed E-state index contributed by atoms with van der Waals surface area (Å²) in [6.45, 7) is 2.98. The first-order valence-electron chi connectivity index (χ1n) is 6.46. The van der Waals surface area contributed by atoms with Crippen molar-refractivity contribution >= 4 is 9.84 Å². The summed E-state index contributed by atoms with van der Waals surface area (Å²) in [5.41, 5.74) is 0.978. The molecule has 0 amide bonds. The first-order valence-corrected chi connectivity index (χ1v) is 8.35. The van der Waals surface area contributed by atoms with E-state index in [1.54, 1.807) is 18.2 Å². The van der Waals surface area contributed by atoms with Crippen LogP contribution in [0.2, 0.25) is 0 Å². The molecule has 0 bridgehead atoms. The van der Waals surface area contributed by atoms with E-state index in [1.807, 2.05) is 6.07 Å². The number of nitrogens with one attached hydrogen (secondary N) is 1. The molecule has 19 heavy (non-hydrogen) atoms. The Morgan fingerprint density at radius 1 is 1.42 bits per heavy atom. The molecule has 1 aromatic carbocycles. The number of benzene rings is 1. The molecule has 0 heterocycles. The minimum Gasteiger partial charge on any atom is -0.310 e. The van der Waals surface area contributed by atoms with Gasteiger partial charge >= 0.3 is 0 Å². The van der Waals surface area contributed by atoms with E-state index >= 15 is 0 Å². The molecule has 0 radical (unpaired) electrons. The van der Waals surface area contributed by atoms with Gasteiger partial charge in [-0.25, -0.2) is 8.42 Å². The van der Waals surface area contributed by atoms with Crippen LogP contribution in [-0.2, 0) is 9.84 Å². The van der Waals surface area contributed by atoms with Crippen LogP contribution in [0.3, 0.4) is 0 Å². The second kappa shape index (κ2) is 7.32. The standard InChI is InChI=1S/C15H21NO2S/c1-4-6-10-15(16-11-5-2)13-8-7-9-14(12-13)19(3,17)18/h1,7-9,12,15-16H,5-6,10-11H2,2-3H3. The summed E-state index contributed by atoms with van der Waals surface area (Å²) in [4.78, 5) is 0.356. The van der Waals surface area contributed by atoms with E-state index in [0.717, 1.165) is 24.9 Å². The molecule has 0 saturated heterocycles. The van der Waals surface area contributed by atoms with Crippen LogP contribution in [0, 0.1) is 12.3 Å². The Kier molecular flexibility index (Phi) is 6.07. The number of hydrogen-bond donors (Lipinski definition) is 1. The van der Waals surface area contributed by atoms with Gasteiger partial charge in [-0.3, -0.25) is 0 Å². The van der Waals surface area contributed by atoms with Crippen LogP contribution in [0.4, 0.5) is 0 Å². The van der Waals surface area contributed by atoms with Crippen molar-refractivity contribution in [3.05, 3.63) is 29.8 Å². The second-order valence-corrected chi connectivity index (χ2v) is 6.61.